The van der Waals surface area contributed by atoms with Crippen LogP contribution in [-0.4, -0.2) is 44.2 Å². The van der Waals surface area contributed by atoms with E-state index in [9.17, 15) is 13.2 Å². The highest BCUT2D eigenvalue weighted by Crippen LogP contribution is 2.22. The number of amides is 1. The second-order valence-corrected chi connectivity index (χ2v) is 8.08. The van der Waals surface area contributed by atoms with Crippen molar-refractivity contribution >= 4 is 27.3 Å². The van der Waals surface area contributed by atoms with Gasteiger partial charge < -0.3 is 10.2 Å². The van der Waals surface area contributed by atoms with Gasteiger partial charge in [0.2, 0.25) is 15.9 Å². The van der Waals surface area contributed by atoms with Crippen LogP contribution >= 0.6 is 0 Å². The molecule has 2 aromatic rings. The molecule has 1 aromatic carbocycles. The van der Waals surface area contributed by atoms with E-state index >= 15 is 0 Å². The molecule has 26 heavy (non-hydrogen) atoms. The number of aromatic nitrogens is 2. The fourth-order valence-corrected chi connectivity index (χ4v) is 4.45. The summed E-state index contributed by atoms with van der Waals surface area (Å²) in [4.78, 5) is 14.5. The maximum atomic E-state index is 12.3. The predicted molar refractivity (Wildman–Crippen MR) is 99.8 cm³/mol. The number of H-pyrrole nitrogens is 1. The highest BCUT2D eigenvalue weighted by molar-refractivity contribution is 7.89. The molecule has 3 N–H and O–H groups in total. The van der Waals surface area contributed by atoms with E-state index in [1.54, 1.807) is 13.8 Å². The van der Waals surface area contributed by atoms with Gasteiger partial charge in [0.25, 0.3) is 0 Å². The molecule has 2 heterocycles. The van der Waals surface area contributed by atoms with Crippen molar-refractivity contribution in [3.8, 4) is 0 Å². The molecule has 9 heteroatoms. The lowest BCUT2D eigenvalue weighted by molar-refractivity contribution is -0.115. The Morgan fingerprint density at radius 3 is 2.42 bits per heavy atom. The van der Waals surface area contributed by atoms with Crippen LogP contribution in [0.25, 0.3) is 0 Å². The van der Waals surface area contributed by atoms with Crippen molar-refractivity contribution in [2.24, 2.45) is 0 Å². The number of aryl methyl sites for hydroxylation is 2. The summed E-state index contributed by atoms with van der Waals surface area (Å²) in [6.07, 6.45) is 2.41. The third kappa shape index (κ3) is 4.05. The van der Waals surface area contributed by atoms with Gasteiger partial charge in [0, 0.05) is 24.5 Å². The molecule has 140 valence electrons. The van der Waals surface area contributed by atoms with Crippen LogP contribution in [0.15, 0.2) is 29.2 Å². The average Bonchev–Trinajstić information content (AvgIpc) is 3.24. The second-order valence-electron chi connectivity index (χ2n) is 6.38. The molecule has 1 fully saturated rings. The molecule has 0 spiro atoms. The molecule has 0 saturated carbocycles. The average molecular weight is 377 g/mol. The van der Waals surface area contributed by atoms with E-state index in [0.717, 1.165) is 18.8 Å². The SMILES string of the molecule is Cc1n[nH]c(C)c1S(=O)(=O)NCC(=O)Nc1ccc(N2CCCC2)cc1. The Bertz CT molecular complexity index is 864. The van der Waals surface area contributed by atoms with Gasteiger partial charge in [-0.3, -0.25) is 9.89 Å². The minimum Gasteiger partial charge on any atom is -0.372 e. The Hall–Kier alpha value is -2.39. The number of benzene rings is 1. The van der Waals surface area contributed by atoms with Crippen LogP contribution in [0, 0.1) is 13.8 Å². The number of nitrogens with one attached hydrogen (secondary N) is 3. The summed E-state index contributed by atoms with van der Waals surface area (Å²) < 4.78 is 27.0. The number of carbonyl (C=O) groups excluding carboxylic acids is 1. The summed E-state index contributed by atoms with van der Waals surface area (Å²) in [7, 11) is -3.79. The smallest absolute Gasteiger partial charge is 0.244 e. The van der Waals surface area contributed by atoms with E-state index in [1.165, 1.54) is 12.8 Å². The Kier molecular flexibility index (Phi) is 5.28. The third-order valence-corrected chi connectivity index (χ3v) is 6.04. The van der Waals surface area contributed by atoms with E-state index < -0.39 is 15.9 Å². The van der Waals surface area contributed by atoms with Gasteiger partial charge in [-0.05, 0) is 51.0 Å². The Morgan fingerprint density at radius 1 is 1.19 bits per heavy atom. The topological polar surface area (TPSA) is 107 Å². The van der Waals surface area contributed by atoms with Crippen molar-refractivity contribution in [2.75, 3.05) is 29.9 Å². The Morgan fingerprint density at radius 2 is 1.85 bits per heavy atom. The van der Waals surface area contributed by atoms with Crippen LogP contribution in [0.5, 0.6) is 0 Å². The summed E-state index contributed by atoms with van der Waals surface area (Å²) >= 11 is 0. The molecule has 3 rings (SSSR count). The Labute approximate surface area is 153 Å². The summed E-state index contributed by atoms with van der Waals surface area (Å²) in [5, 5.41) is 9.19. The number of rotatable bonds is 6. The summed E-state index contributed by atoms with van der Waals surface area (Å²) in [6, 6.07) is 7.57. The van der Waals surface area contributed by atoms with Crippen LogP contribution < -0.4 is 14.9 Å². The summed E-state index contributed by atoms with van der Waals surface area (Å²) in [5.41, 5.74) is 2.57. The van der Waals surface area contributed by atoms with Crippen molar-refractivity contribution in [3.63, 3.8) is 0 Å². The molecule has 8 nitrogen and oxygen atoms in total. The molecule has 1 aliphatic rings. The highest BCUT2D eigenvalue weighted by Gasteiger charge is 2.22. The van der Waals surface area contributed by atoms with Crippen molar-refractivity contribution in [3.05, 3.63) is 35.7 Å². The summed E-state index contributed by atoms with van der Waals surface area (Å²) in [5.74, 6) is -0.429. The zero-order valence-electron chi connectivity index (χ0n) is 14.9. The van der Waals surface area contributed by atoms with Gasteiger partial charge in [-0.1, -0.05) is 0 Å². The standard InChI is InChI=1S/C17H23N5O3S/c1-12-17(13(2)21-20-12)26(24,25)18-11-16(23)19-14-5-7-15(8-6-14)22-9-3-4-10-22/h5-8,18H,3-4,9-11H2,1-2H3,(H,19,23)(H,20,21). The van der Waals surface area contributed by atoms with Gasteiger partial charge in [0.1, 0.15) is 4.90 Å². The lowest BCUT2D eigenvalue weighted by Gasteiger charge is -2.17. The number of anilines is 2. The zero-order chi connectivity index (χ0) is 18.7. The van der Waals surface area contributed by atoms with Crippen molar-refractivity contribution in [2.45, 2.75) is 31.6 Å². The molecule has 0 unspecified atom stereocenters. The van der Waals surface area contributed by atoms with Gasteiger partial charge in [-0.2, -0.15) is 5.10 Å². The maximum Gasteiger partial charge on any atom is 0.244 e. The first kappa shape index (κ1) is 18.4. The van der Waals surface area contributed by atoms with E-state index in [4.69, 9.17) is 0 Å². The Balaban J connectivity index is 1.57. The van der Waals surface area contributed by atoms with Crippen molar-refractivity contribution in [1.29, 1.82) is 0 Å². The number of nitrogens with zero attached hydrogens (tertiary/aromatic N) is 2. The molecule has 0 radical (unpaired) electrons. The first-order valence-corrected chi connectivity index (χ1v) is 10.0. The maximum absolute atomic E-state index is 12.3. The van der Waals surface area contributed by atoms with E-state index in [2.05, 4.69) is 25.1 Å². The quantitative estimate of drug-likeness (QED) is 0.708. The molecule has 1 aliphatic heterocycles. The van der Waals surface area contributed by atoms with Gasteiger partial charge in [0.15, 0.2) is 0 Å². The number of hydrogen-bond donors (Lipinski definition) is 3. The fraction of sp³-hybridized carbons (Fsp3) is 0.412. The highest BCUT2D eigenvalue weighted by atomic mass is 32.2. The van der Waals surface area contributed by atoms with Gasteiger partial charge in [-0.15, -0.1) is 0 Å². The predicted octanol–water partition coefficient (Wildman–Crippen LogP) is 1.54. The molecular weight excluding hydrogens is 354 g/mol. The molecule has 1 saturated heterocycles. The van der Waals surface area contributed by atoms with Crippen LogP contribution in [0.1, 0.15) is 24.2 Å². The number of carbonyl (C=O) groups is 1. The molecule has 1 aromatic heterocycles. The van der Waals surface area contributed by atoms with Crippen LogP contribution in [0.2, 0.25) is 0 Å². The normalized spacial score (nSPS) is 14.6. The number of aromatic amines is 1. The van der Waals surface area contributed by atoms with Gasteiger partial charge in [-0.25, -0.2) is 13.1 Å². The number of sulfonamides is 1. The lowest BCUT2D eigenvalue weighted by atomic mass is 10.2. The summed E-state index contributed by atoms with van der Waals surface area (Å²) in [6.45, 7) is 4.98. The monoisotopic (exact) mass is 377 g/mol. The molecule has 0 aliphatic carbocycles. The minimum absolute atomic E-state index is 0.0836. The largest absolute Gasteiger partial charge is 0.372 e. The van der Waals surface area contributed by atoms with Crippen LogP contribution in [-0.2, 0) is 14.8 Å². The second kappa shape index (κ2) is 7.46. The number of hydrogen-bond acceptors (Lipinski definition) is 5. The molecule has 0 bridgehead atoms. The minimum atomic E-state index is -3.79. The molecule has 0 atom stereocenters. The van der Waals surface area contributed by atoms with E-state index in [0.29, 0.717) is 17.1 Å². The zero-order valence-corrected chi connectivity index (χ0v) is 15.7. The van der Waals surface area contributed by atoms with Crippen molar-refractivity contribution < 1.29 is 13.2 Å². The van der Waals surface area contributed by atoms with E-state index in [1.807, 2.05) is 24.3 Å². The van der Waals surface area contributed by atoms with Gasteiger partial charge >= 0.3 is 0 Å². The molecule has 1 amide bonds. The molecular formula is C17H23N5O3S. The van der Waals surface area contributed by atoms with Gasteiger partial charge in [0.05, 0.1) is 17.9 Å². The van der Waals surface area contributed by atoms with E-state index in [-0.39, 0.29) is 11.4 Å². The first-order valence-electron chi connectivity index (χ1n) is 8.53. The van der Waals surface area contributed by atoms with Crippen molar-refractivity contribution in [1.82, 2.24) is 14.9 Å². The first-order chi connectivity index (χ1) is 12.4. The fourth-order valence-electron chi connectivity index (χ4n) is 3.11. The van der Waals surface area contributed by atoms with Crippen LogP contribution in [0.4, 0.5) is 11.4 Å². The van der Waals surface area contributed by atoms with Crippen LogP contribution in [0.3, 0.4) is 0 Å². The third-order valence-electron chi connectivity index (χ3n) is 4.37. The lowest BCUT2D eigenvalue weighted by Crippen LogP contribution is -2.33.